The molecule has 0 aliphatic carbocycles. The highest BCUT2D eigenvalue weighted by Gasteiger charge is 2.19. The van der Waals surface area contributed by atoms with Crippen LogP contribution in [-0.2, 0) is 16.6 Å². The first-order valence-corrected chi connectivity index (χ1v) is 8.13. The van der Waals surface area contributed by atoms with Crippen LogP contribution in [0.3, 0.4) is 0 Å². The van der Waals surface area contributed by atoms with E-state index in [-0.39, 0.29) is 22.7 Å². The number of sulfonamides is 1. The third-order valence-corrected chi connectivity index (χ3v) is 5.04. The minimum Gasteiger partial charge on any atom is -0.478 e. The van der Waals surface area contributed by atoms with E-state index in [9.17, 15) is 13.2 Å². The van der Waals surface area contributed by atoms with Gasteiger partial charge in [0.1, 0.15) is 4.90 Å². The monoisotopic (exact) mass is 327 g/mol. The first-order chi connectivity index (χ1) is 9.79. The Morgan fingerprint density at radius 3 is 2.71 bits per heavy atom. The van der Waals surface area contributed by atoms with Gasteiger partial charge in [0.2, 0.25) is 10.0 Å². The van der Waals surface area contributed by atoms with Gasteiger partial charge in [0, 0.05) is 17.6 Å². The largest absolute Gasteiger partial charge is 0.478 e. The first-order valence-electron chi connectivity index (χ1n) is 5.83. The van der Waals surface area contributed by atoms with Crippen LogP contribution in [0.25, 0.3) is 0 Å². The van der Waals surface area contributed by atoms with Crippen LogP contribution < -0.4 is 10.5 Å². The number of thiazole rings is 1. The van der Waals surface area contributed by atoms with Crippen molar-refractivity contribution in [1.29, 1.82) is 0 Å². The highest BCUT2D eigenvalue weighted by molar-refractivity contribution is 7.89. The fourth-order valence-corrected chi connectivity index (χ4v) is 3.60. The number of rotatable bonds is 5. The number of benzene rings is 1. The van der Waals surface area contributed by atoms with Gasteiger partial charge in [0.15, 0.2) is 0 Å². The zero-order valence-electron chi connectivity index (χ0n) is 11.0. The Morgan fingerprint density at radius 2 is 2.19 bits per heavy atom. The maximum absolute atomic E-state index is 12.2. The van der Waals surface area contributed by atoms with E-state index >= 15 is 0 Å². The van der Waals surface area contributed by atoms with Crippen molar-refractivity contribution in [2.24, 2.45) is 0 Å². The summed E-state index contributed by atoms with van der Waals surface area (Å²) in [5, 5.41) is 9.67. The Bertz CT molecular complexity index is 784. The summed E-state index contributed by atoms with van der Waals surface area (Å²) in [5.41, 5.74) is 5.45. The number of nitrogens with zero attached hydrogens (tertiary/aromatic N) is 1. The number of hydrogen-bond donors (Lipinski definition) is 3. The van der Waals surface area contributed by atoms with Crippen molar-refractivity contribution in [1.82, 2.24) is 9.71 Å². The predicted octanol–water partition coefficient (Wildman–Crippen LogP) is 1.21. The Kier molecular flexibility index (Phi) is 4.26. The zero-order chi connectivity index (χ0) is 15.6. The molecule has 21 heavy (non-hydrogen) atoms. The van der Waals surface area contributed by atoms with E-state index in [0.717, 1.165) is 16.0 Å². The average Bonchev–Trinajstić information content (AvgIpc) is 2.82. The Hall–Kier alpha value is -1.97. The number of carboxylic acid groups (broad SMARTS) is 1. The van der Waals surface area contributed by atoms with E-state index in [4.69, 9.17) is 10.8 Å². The molecule has 1 heterocycles. The summed E-state index contributed by atoms with van der Waals surface area (Å²) >= 11 is 1.39. The summed E-state index contributed by atoms with van der Waals surface area (Å²) in [6.45, 7) is 1.93. The third kappa shape index (κ3) is 3.57. The zero-order valence-corrected chi connectivity index (χ0v) is 12.7. The number of aryl methyl sites for hydroxylation is 1. The lowest BCUT2D eigenvalue weighted by Crippen LogP contribution is -2.24. The molecule has 0 amide bonds. The molecule has 9 heteroatoms. The minimum absolute atomic E-state index is 0.0652. The second-order valence-electron chi connectivity index (χ2n) is 4.23. The van der Waals surface area contributed by atoms with Crippen LogP contribution in [0.2, 0.25) is 0 Å². The molecule has 1 aromatic heterocycles. The van der Waals surface area contributed by atoms with E-state index in [1.54, 1.807) is 6.20 Å². The van der Waals surface area contributed by atoms with Gasteiger partial charge < -0.3 is 10.8 Å². The number of nitrogen functional groups attached to an aromatic ring is 1. The lowest BCUT2D eigenvalue weighted by Gasteiger charge is -2.08. The lowest BCUT2D eigenvalue weighted by atomic mass is 10.2. The highest BCUT2D eigenvalue weighted by atomic mass is 32.2. The van der Waals surface area contributed by atoms with Crippen LogP contribution in [0.4, 0.5) is 5.69 Å². The number of carboxylic acids is 1. The van der Waals surface area contributed by atoms with Crippen LogP contribution in [0.1, 0.15) is 20.2 Å². The molecule has 0 aliphatic heterocycles. The molecule has 1 aromatic carbocycles. The fraction of sp³-hybridized carbons (Fsp3) is 0.167. The molecule has 0 radical (unpaired) electrons. The minimum atomic E-state index is -3.81. The number of nitrogens with one attached hydrogen (secondary N) is 1. The molecule has 0 aliphatic rings. The molecule has 0 atom stereocenters. The molecule has 4 N–H and O–H groups in total. The lowest BCUT2D eigenvalue weighted by molar-refractivity contribution is 0.0697. The van der Waals surface area contributed by atoms with Gasteiger partial charge in [-0.25, -0.2) is 22.9 Å². The van der Waals surface area contributed by atoms with Gasteiger partial charge >= 0.3 is 5.97 Å². The van der Waals surface area contributed by atoms with Gasteiger partial charge in [-0.1, -0.05) is 0 Å². The normalized spacial score (nSPS) is 11.5. The van der Waals surface area contributed by atoms with Crippen LogP contribution >= 0.6 is 11.3 Å². The highest BCUT2D eigenvalue weighted by Crippen LogP contribution is 2.20. The molecule has 7 nitrogen and oxygen atoms in total. The summed E-state index contributed by atoms with van der Waals surface area (Å²) in [5.74, 6) is -1.17. The van der Waals surface area contributed by atoms with Gasteiger partial charge in [0.25, 0.3) is 0 Å². The SMILES string of the molecule is Cc1ncc(CNS(=O)(=O)c2ccc(C(=O)O)cc2N)s1. The summed E-state index contributed by atoms with van der Waals surface area (Å²) in [4.78, 5) is 15.5. The second-order valence-corrected chi connectivity index (χ2v) is 7.28. The Balaban J connectivity index is 2.21. The fourth-order valence-electron chi connectivity index (χ4n) is 1.66. The van der Waals surface area contributed by atoms with Crippen LogP contribution in [0, 0.1) is 6.92 Å². The quantitative estimate of drug-likeness (QED) is 0.709. The third-order valence-electron chi connectivity index (χ3n) is 2.65. The van der Waals surface area contributed by atoms with E-state index in [1.165, 1.54) is 23.5 Å². The molecule has 112 valence electrons. The molecule has 0 saturated carbocycles. The molecule has 2 rings (SSSR count). The van der Waals surface area contributed by atoms with Crippen LogP contribution in [0.15, 0.2) is 29.3 Å². The van der Waals surface area contributed by atoms with E-state index in [0.29, 0.717) is 0 Å². The predicted molar refractivity (Wildman–Crippen MR) is 78.7 cm³/mol. The van der Waals surface area contributed by atoms with Crippen molar-refractivity contribution in [2.75, 3.05) is 5.73 Å². The smallest absolute Gasteiger partial charge is 0.335 e. The Morgan fingerprint density at radius 1 is 1.48 bits per heavy atom. The van der Waals surface area contributed by atoms with Crippen molar-refractivity contribution in [3.8, 4) is 0 Å². The van der Waals surface area contributed by atoms with Crippen molar-refractivity contribution in [3.63, 3.8) is 0 Å². The van der Waals surface area contributed by atoms with E-state index in [1.807, 2.05) is 6.92 Å². The van der Waals surface area contributed by atoms with Crippen molar-refractivity contribution in [3.05, 3.63) is 39.8 Å². The molecular formula is C12H13N3O4S2. The summed E-state index contributed by atoms with van der Waals surface area (Å²) < 4.78 is 26.7. The number of anilines is 1. The van der Waals surface area contributed by atoms with Gasteiger partial charge in [-0.15, -0.1) is 11.3 Å². The number of nitrogens with two attached hydrogens (primary N) is 1. The average molecular weight is 327 g/mol. The number of hydrogen-bond acceptors (Lipinski definition) is 6. The van der Waals surface area contributed by atoms with Crippen molar-refractivity contribution >= 4 is 33.0 Å². The van der Waals surface area contributed by atoms with Crippen molar-refractivity contribution in [2.45, 2.75) is 18.4 Å². The molecular weight excluding hydrogens is 314 g/mol. The van der Waals surface area contributed by atoms with Crippen molar-refractivity contribution < 1.29 is 18.3 Å². The van der Waals surface area contributed by atoms with Gasteiger partial charge in [0.05, 0.1) is 16.3 Å². The topological polar surface area (TPSA) is 122 Å². The number of aromatic carboxylic acids is 1. The molecule has 0 fully saturated rings. The molecule has 0 unspecified atom stereocenters. The molecule has 2 aromatic rings. The maximum Gasteiger partial charge on any atom is 0.335 e. The molecule has 0 saturated heterocycles. The standard InChI is InChI=1S/C12H13N3O4S2/c1-7-14-5-9(20-7)6-15-21(18,19)11-3-2-8(12(16)17)4-10(11)13/h2-5,15H,6,13H2,1H3,(H,16,17). The number of carbonyl (C=O) groups is 1. The number of aromatic nitrogens is 1. The second kappa shape index (κ2) is 5.80. The first kappa shape index (κ1) is 15.4. The van der Waals surface area contributed by atoms with Crippen LogP contribution in [0.5, 0.6) is 0 Å². The van der Waals surface area contributed by atoms with E-state index < -0.39 is 16.0 Å². The molecule has 0 bridgehead atoms. The van der Waals surface area contributed by atoms with Gasteiger partial charge in [-0.3, -0.25) is 0 Å². The van der Waals surface area contributed by atoms with Crippen LogP contribution in [-0.4, -0.2) is 24.5 Å². The Labute approximate surface area is 125 Å². The summed E-state index contributed by atoms with van der Waals surface area (Å²) in [6, 6.07) is 3.50. The summed E-state index contributed by atoms with van der Waals surface area (Å²) in [6.07, 6.45) is 1.60. The maximum atomic E-state index is 12.2. The van der Waals surface area contributed by atoms with Gasteiger partial charge in [-0.2, -0.15) is 0 Å². The molecule has 0 spiro atoms. The van der Waals surface area contributed by atoms with Gasteiger partial charge in [-0.05, 0) is 25.1 Å². The van der Waals surface area contributed by atoms with E-state index in [2.05, 4.69) is 9.71 Å². The summed E-state index contributed by atoms with van der Waals surface area (Å²) in [7, 11) is -3.81.